The van der Waals surface area contributed by atoms with Crippen molar-refractivity contribution in [3.8, 4) is 0 Å². The highest BCUT2D eigenvalue weighted by Crippen LogP contribution is 2.31. The molecule has 4 nitrogen and oxygen atoms in total. The average Bonchev–Trinajstić information content (AvgIpc) is 2.24. The van der Waals surface area contributed by atoms with Crippen LogP contribution in [-0.2, 0) is 4.74 Å². The van der Waals surface area contributed by atoms with Gasteiger partial charge in [0, 0.05) is 12.1 Å². The predicted molar refractivity (Wildman–Crippen MR) is 80.1 cm³/mol. The summed E-state index contributed by atoms with van der Waals surface area (Å²) in [5, 5.41) is 2.86. The van der Waals surface area contributed by atoms with Gasteiger partial charge in [0.1, 0.15) is 5.60 Å². The van der Waals surface area contributed by atoms with Gasteiger partial charge >= 0.3 is 6.09 Å². The van der Waals surface area contributed by atoms with Gasteiger partial charge in [-0.1, -0.05) is 20.8 Å². The van der Waals surface area contributed by atoms with E-state index in [0.717, 1.165) is 19.3 Å². The van der Waals surface area contributed by atoms with Crippen LogP contribution in [0.2, 0.25) is 0 Å². The molecule has 0 aliphatic rings. The molecule has 0 rings (SSSR count). The van der Waals surface area contributed by atoms with Crippen molar-refractivity contribution in [3.63, 3.8) is 0 Å². The lowest BCUT2D eigenvalue weighted by Crippen LogP contribution is -2.46. The largest absolute Gasteiger partial charge is 0.444 e. The van der Waals surface area contributed by atoms with Gasteiger partial charge < -0.3 is 15.8 Å². The van der Waals surface area contributed by atoms with Gasteiger partial charge in [0.2, 0.25) is 0 Å². The van der Waals surface area contributed by atoms with Gasteiger partial charge in [-0.2, -0.15) is 0 Å². The summed E-state index contributed by atoms with van der Waals surface area (Å²) in [4.78, 5) is 11.7. The van der Waals surface area contributed by atoms with Crippen LogP contribution < -0.4 is 11.1 Å². The quantitative estimate of drug-likeness (QED) is 0.778. The molecule has 4 heteroatoms. The Hall–Kier alpha value is -0.770. The highest BCUT2D eigenvalue weighted by molar-refractivity contribution is 5.67. The summed E-state index contributed by atoms with van der Waals surface area (Å²) in [6.07, 6.45) is 2.41. The predicted octanol–water partition coefficient (Wildman–Crippen LogP) is 3.44. The third-order valence-electron chi connectivity index (χ3n) is 3.55. The van der Waals surface area contributed by atoms with Crippen molar-refractivity contribution in [2.24, 2.45) is 11.1 Å². The van der Waals surface area contributed by atoms with E-state index in [-0.39, 0.29) is 17.0 Å². The summed E-state index contributed by atoms with van der Waals surface area (Å²) in [6, 6.07) is 0. The second-order valence-corrected chi connectivity index (χ2v) is 7.20. The first-order chi connectivity index (χ1) is 8.43. The van der Waals surface area contributed by atoms with Gasteiger partial charge in [0.25, 0.3) is 0 Å². The van der Waals surface area contributed by atoms with Gasteiger partial charge in [0.15, 0.2) is 0 Å². The summed E-state index contributed by atoms with van der Waals surface area (Å²) in [5.41, 5.74) is 5.58. The topological polar surface area (TPSA) is 64.3 Å². The molecule has 19 heavy (non-hydrogen) atoms. The molecule has 1 amide bonds. The molecule has 0 aliphatic heterocycles. The first kappa shape index (κ1) is 18.2. The normalized spacial score (nSPS) is 18.3. The maximum atomic E-state index is 11.7. The summed E-state index contributed by atoms with van der Waals surface area (Å²) >= 11 is 0. The Bertz CT molecular complexity index is 295. The number of hydrogen-bond donors (Lipinski definition) is 2. The molecule has 0 radical (unpaired) electrons. The number of alkyl carbamates (subject to hydrolysis) is 1. The van der Waals surface area contributed by atoms with Crippen molar-refractivity contribution in [1.29, 1.82) is 0 Å². The maximum Gasteiger partial charge on any atom is 0.407 e. The molecule has 114 valence electrons. The number of nitrogens with two attached hydrogens (primary N) is 1. The molecule has 2 atom stereocenters. The Kier molecular flexibility index (Phi) is 6.33. The van der Waals surface area contributed by atoms with Gasteiger partial charge in [-0.25, -0.2) is 4.79 Å². The van der Waals surface area contributed by atoms with E-state index >= 15 is 0 Å². The lowest BCUT2D eigenvalue weighted by atomic mass is 9.75. The molecule has 0 saturated carbocycles. The Balaban J connectivity index is 4.44. The van der Waals surface area contributed by atoms with Crippen molar-refractivity contribution < 1.29 is 9.53 Å². The Morgan fingerprint density at radius 1 is 1.11 bits per heavy atom. The minimum absolute atomic E-state index is 0.00356. The van der Waals surface area contributed by atoms with Crippen molar-refractivity contribution in [3.05, 3.63) is 0 Å². The SMILES string of the molecule is CCC(C)(N)CC(C)(CC)CNC(=O)OC(C)(C)C. The van der Waals surface area contributed by atoms with E-state index in [9.17, 15) is 4.79 Å². The second kappa shape index (κ2) is 6.60. The van der Waals surface area contributed by atoms with E-state index in [1.807, 2.05) is 20.8 Å². The Morgan fingerprint density at radius 3 is 2.00 bits per heavy atom. The highest BCUT2D eigenvalue weighted by Gasteiger charge is 2.31. The van der Waals surface area contributed by atoms with E-state index in [4.69, 9.17) is 10.5 Å². The number of rotatable bonds is 6. The minimum atomic E-state index is -0.460. The maximum absolute atomic E-state index is 11.7. The van der Waals surface area contributed by atoms with E-state index in [0.29, 0.717) is 6.54 Å². The lowest BCUT2D eigenvalue weighted by molar-refractivity contribution is 0.0491. The fourth-order valence-corrected chi connectivity index (χ4v) is 2.01. The third kappa shape index (κ3) is 8.09. The Morgan fingerprint density at radius 2 is 1.63 bits per heavy atom. The summed E-state index contributed by atoms with van der Waals surface area (Å²) in [6.45, 7) is 14.6. The van der Waals surface area contributed by atoms with Crippen LogP contribution in [0.5, 0.6) is 0 Å². The van der Waals surface area contributed by atoms with Gasteiger partial charge in [-0.15, -0.1) is 0 Å². The smallest absolute Gasteiger partial charge is 0.407 e. The zero-order valence-electron chi connectivity index (χ0n) is 13.7. The molecular formula is C15H32N2O2. The molecule has 0 bridgehead atoms. The third-order valence-corrected chi connectivity index (χ3v) is 3.55. The van der Waals surface area contributed by atoms with E-state index in [1.165, 1.54) is 0 Å². The van der Waals surface area contributed by atoms with Crippen LogP contribution in [0.1, 0.15) is 67.7 Å². The fourth-order valence-electron chi connectivity index (χ4n) is 2.01. The molecule has 0 heterocycles. The molecule has 0 saturated heterocycles. The molecule has 3 N–H and O–H groups in total. The van der Waals surface area contributed by atoms with E-state index in [2.05, 4.69) is 33.0 Å². The molecule has 2 unspecified atom stereocenters. The zero-order chi connectivity index (χ0) is 15.3. The van der Waals surface area contributed by atoms with Crippen LogP contribution >= 0.6 is 0 Å². The summed E-state index contributed by atoms with van der Waals surface area (Å²) in [5.74, 6) is 0. The number of ether oxygens (including phenoxy) is 1. The van der Waals surface area contributed by atoms with Gasteiger partial charge in [-0.05, 0) is 52.4 Å². The molecule has 0 aliphatic carbocycles. The summed E-state index contributed by atoms with van der Waals surface area (Å²) in [7, 11) is 0. The highest BCUT2D eigenvalue weighted by atomic mass is 16.6. The molecule has 0 aromatic rings. The number of nitrogens with one attached hydrogen (secondary N) is 1. The number of carbonyl (C=O) groups is 1. The van der Waals surface area contributed by atoms with Crippen molar-refractivity contribution in [2.45, 2.75) is 78.9 Å². The van der Waals surface area contributed by atoms with E-state index < -0.39 is 5.60 Å². The van der Waals surface area contributed by atoms with E-state index in [1.54, 1.807) is 0 Å². The van der Waals surface area contributed by atoms with Crippen LogP contribution in [0.25, 0.3) is 0 Å². The minimum Gasteiger partial charge on any atom is -0.444 e. The molecule has 0 aromatic heterocycles. The monoisotopic (exact) mass is 272 g/mol. The zero-order valence-corrected chi connectivity index (χ0v) is 13.7. The summed E-state index contributed by atoms with van der Waals surface area (Å²) < 4.78 is 5.25. The standard InChI is InChI=1S/C15H32N2O2/c1-8-14(6,10-15(7,16)9-2)11-17-12(18)19-13(3,4)5/h8-11,16H2,1-7H3,(H,17,18). The van der Waals surface area contributed by atoms with Gasteiger partial charge in [-0.3, -0.25) is 0 Å². The van der Waals surface area contributed by atoms with Crippen LogP contribution in [0, 0.1) is 5.41 Å². The van der Waals surface area contributed by atoms with Crippen LogP contribution in [0.3, 0.4) is 0 Å². The van der Waals surface area contributed by atoms with Crippen LogP contribution in [0.4, 0.5) is 4.79 Å². The number of carbonyl (C=O) groups excluding carboxylic acids is 1. The fraction of sp³-hybridized carbons (Fsp3) is 0.933. The van der Waals surface area contributed by atoms with Crippen LogP contribution in [-0.4, -0.2) is 23.8 Å². The van der Waals surface area contributed by atoms with Crippen molar-refractivity contribution >= 4 is 6.09 Å². The molecule has 0 fully saturated rings. The number of amides is 1. The van der Waals surface area contributed by atoms with Crippen molar-refractivity contribution in [1.82, 2.24) is 5.32 Å². The first-order valence-corrected chi connectivity index (χ1v) is 7.19. The average molecular weight is 272 g/mol. The molecule has 0 aromatic carbocycles. The van der Waals surface area contributed by atoms with Crippen LogP contribution in [0.15, 0.2) is 0 Å². The first-order valence-electron chi connectivity index (χ1n) is 7.19. The molecule has 0 spiro atoms. The van der Waals surface area contributed by atoms with Gasteiger partial charge in [0.05, 0.1) is 0 Å². The second-order valence-electron chi connectivity index (χ2n) is 7.20. The Labute approximate surface area is 118 Å². The number of hydrogen-bond acceptors (Lipinski definition) is 3. The molecular weight excluding hydrogens is 240 g/mol. The van der Waals surface area contributed by atoms with Crippen molar-refractivity contribution in [2.75, 3.05) is 6.54 Å². The lowest BCUT2D eigenvalue weighted by Gasteiger charge is -2.36.